The molecule has 2 heterocycles. The molecule has 1 aromatic rings. The van der Waals surface area contributed by atoms with Crippen molar-refractivity contribution in [3.8, 4) is 0 Å². The van der Waals surface area contributed by atoms with Crippen LogP contribution in [0.5, 0.6) is 0 Å². The molecular formula is C11H12N2O4S. The average Bonchev–Trinajstić information content (AvgIpc) is 2.95. The number of ether oxygens (including phenoxy) is 1. The van der Waals surface area contributed by atoms with Crippen molar-refractivity contribution < 1.29 is 17.9 Å². The molecule has 0 spiro atoms. The molecule has 0 radical (unpaired) electrons. The third kappa shape index (κ3) is 1.80. The Morgan fingerprint density at radius 3 is 2.89 bits per heavy atom. The Labute approximate surface area is 105 Å². The van der Waals surface area contributed by atoms with Crippen LogP contribution in [-0.2, 0) is 26.0 Å². The molecule has 0 atom stereocenters. The summed E-state index contributed by atoms with van der Waals surface area (Å²) >= 11 is 0. The summed E-state index contributed by atoms with van der Waals surface area (Å²) in [5, 5.41) is 2.67. The summed E-state index contributed by atoms with van der Waals surface area (Å²) in [5.74, 6) is -0.107. The summed E-state index contributed by atoms with van der Waals surface area (Å²) in [5.41, 5.74) is 1.41. The molecule has 0 aliphatic carbocycles. The number of nitrogens with zero attached hydrogens (tertiary/aromatic N) is 1. The maximum atomic E-state index is 12.3. The topological polar surface area (TPSA) is 75.7 Å². The molecule has 0 saturated carbocycles. The second-order valence-electron chi connectivity index (χ2n) is 4.26. The average molecular weight is 268 g/mol. The Balaban J connectivity index is 1.98. The lowest BCUT2D eigenvalue weighted by Gasteiger charge is -2.14. The van der Waals surface area contributed by atoms with Crippen LogP contribution in [0, 0.1) is 0 Å². The number of nitrogens with one attached hydrogen (secondary N) is 1. The van der Waals surface area contributed by atoms with Crippen LogP contribution in [0.15, 0.2) is 23.1 Å². The van der Waals surface area contributed by atoms with E-state index in [1.165, 1.54) is 10.4 Å². The lowest BCUT2D eigenvalue weighted by Crippen LogP contribution is -2.28. The lowest BCUT2D eigenvalue weighted by atomic mass is 10.2. The summed E-state index contributed by atoms with van der Waals surface area (Å²) in [4.78, 5) is 11.4. The van der Waals surface area contributed by atoms with Crippen LogP contribution in [0.3, 0.4) is 0 Å². The van der Waals surface area contributed by atoms with Gasteiger partial charge in [0.05, 0.1) is 17.9 Å². The van der Waals surface area contributed by atoms with Gasteiger partial charge in [0, 0.05) is 12.2 Å². The zero-order valence-electron chi connectivity index (χ0n) is 9.55. The number of anilines is 1. The standard InChI is InChI=1S/C11H12N2O4S/c14-11-6-8-5-9(1-2-10(8)12-11)18(15,16)13-3-4-17-7-13/h1-2,5H,3-4,6-7H2,(H,12,14). The number of hydrogen-bond acceptors (Lipinski definition) is 4. The van der Waals surface area contributed by atoms with E-state index in [0.717, 1.165) is 5.56 Å². The molecule has 0 bridgehead atoms. The minimum Gasteiger partial charge on any atom is -0.364 e. The Bertz CT molecular complexity index is 605. The van der Waals surface area contributed by atoms with Crippen molar-refractivity contribution in [2.24, 2.45) is 0 Å². The molecule has 3 rings (SSSR count). The fraction of sp³-hybridized carbons (Fsp3) is 0.364. The van der Waals surface area contributed by atoms with Crippen molar-refractivity contribution in [1.82, 2.24) is 4.31 Å². The van der Waals surface area contributed by atoms with E-state index in [1.54, 1.807) is 12.1 Å². The highest BCUT2D eigenvalue weighted by Crippen LogP contribution is 2.27. The monoisotopic (exact) mass is 268 g/mol. The minimum absolute atomic E-state index is 0.0938. The van der Waals surface area contributed by atoms with Crippen molar-refractivity contribution in [2.75, 3.05) is 25.2 Å². The molecule has 7 heteroatoms. The SMILES string of the molecule is O=C1Cc2cc(S(=O)(=O)N3CCOC3)ccc2N1. The van der Waals surface area contributed by atoms with Crippen molar-refractivity contribution in [3.63, 3.8) is 0 Å². The number of amides is 1. The van der Waals surface area contributed by atoms with Gasteiger partial charge in [-0.1, -0.05) is 0 Å². The van der Waals surface area contributed by atoms with E-state index >= 15 is 0 Å². The summed E-state index contributed by atoms with van der Waals surface area (Å²) < 4.78 is 30.9. The number of benzene rings is 1. The molecule has 1 amide bonds. The quantitative estimate of drug-likeness (QED) is 0.829. The first-order valence-corrected chi connectivity index (χ1v) is 7.02. The number of sulfonamides is 1. The van der Waals surface area contributed by atoms with Crippen molar-refractivity contribution in [3.05, 3.63) is 23.8 Å². The zero-order valence-corrected chi connectivity index (χ0v) is 10.4. The molecule has 0 aromatic heterocycles. The van der Waals surface area contributed by atoms with Gasteiger partial charge in [0.15, 0.2) is 0 Å². The Morgan fingerprint density at radius 1 is 1.33 bits per heavy atom. The first-order valence-electron chi connectivity index (χ1n) is 5.58. The van der Waals surface area contributed by atoms with Crippen LogP contribution in [0.1, 0.15) is 5.56 Å². The fourth-order valence-corrected chi connectivity index (χ4v) is 3.46. The van der Waals surface area contributed by atoms with Gasteiger partial charge >= 0.3 is 0 Å². The molecule has 6 nitrogen and oxygen atoms in total. The van der Waals surface area contributed by atoms with Gasteiger partial charge in [-0.05, 0) is 23.8 Å². The van der Waals surface area contributed by atoms with Crippen LogP contribution in [0.2, 0.25) is 0 Å². The first kappa shape index (κ1) is 11.6. The van der Waals surface area contributed by atoms with Crippen molar-refractivity contribution in [2.45, 2.75) is 11.3 Å². The van der Waals surface area contributed by atoms with E-state index < -0.39 is 10.0 Å². The summed E-state index contributed by atoms with van der Waals surface area (Å²) in [6.45, 7) is 0.886. The van der Waals surface area contributed by atoms with Gasteiger partial charge in [-0.3, -0.25) is 4.79 Å². The molecular weight excluding hydrogens is 256 g/mol. The maximum absolute atomic E-state index is 12.3. The number of carbonyl (C=O) groups excluding carboxylic acids is 1. The van der Waals surface area contributed by atoms with Crippen molar-refractivity contribution >= 4 is 21.6 Å². The van der Waals surface area contributed by atoms with Gasteiger partial charge < -0.3 is 10.1 Å². The third-order valence-corrected chi connectivity index (χ3v) is 4.88. The van der Waals surface area contributed by atoms with Crippen LogP contribution >= 0.6 is 0 Å². The number of carbonyl (C=O) groups is 1. The number of fused-ring (bicyclic) bond motifs is 1. The third-order valence-electron chi connectivity index (χ3n) is 3.06. The van der Waals surface area contributed by atoms with Gasteiger partial charge in [0.2, 0.25) is 15.9 Å². The highest BCUT2D eigenvalue weighted by Gasteiger charge is 2.29. The van der Waals surface area contributed by atoms with E-state index in [0.29, 0.717) is 18.8 Å². The smallest absolute Gasteiger partial charge is 0.245 e. The Kier molecular flexibility index (Phi) is 2.61. The second kappa shape index (κ2) is 4.04. The molecule has 1 N–H and O–H groups in total. The zero-order chi connectivity index (χ0) is 12.8. The Hall–Kier alpha value is -1.44. The summed E-state index contributed by atoms with van der Waals surface area (Å²) in [7, 11) is -3.51. The molecule has 2 aliphatic rings. The van der Waals surface area contributed by atoms with E-state index in [-0.39, 0.29) is 24.0 Å². The fourth-order valence-electron chi connectivity index (χ4n) is 2.10. The molecule has 0 unspecified atom stereocenters. The summed E-state index contributed by atoms with van der Waals surface area (Å²) in [6, 6.07) is 4.70. The van der Waals surface area contributed by atoms with Crippen molar-refractivity contribution in [1.29, 1.82) is 0 Å². The maximum Gasteiger partial charge on any atom is 0.245 e. The van der Waals surface area contributed by atoms with Crippen LogP contribution in [0.4, 0.5) is 5.69 Å². The van der Waals surface area contributed by atoms with Gasteiger partial charge in [-0.2, -0.15) is 4.31 Å². The molecule has 2 aliphatic heterocycles. The normalized spacial score (nSPS) is 19.9. The summed E-state index contributed by atoms with van der Waals surface area (Å²) in [6.07, 6.45) is 0.231. The van der Waals surface area contributed by atoms with E-state index in [9.17, 15) is 13.2 Å². The van der Waals surface area contributed by atoms with Gasteiger partial charge in [0.25, 0.3) is 0 Å². The van der Waals surface area contributed by atoms with Gasteiger partial charge in [0.1, 0.15) is 6.73 Å². The van der Waals surface area contributed by atoms with Crippen LogP contribution in [-0.4, -0.2) is 38.5 Å². The van der Waals surface area contributed by atoms with Crippen LogP contribution < -0.4 is 5.32 Å². The Morgan fingerprint density at radius 2 is 2.17 bits per heavy atom. The van der Waals surface area contributed by atoms with Gasteiger partial charge in [-0.15, -0.1) is 0 Å². The first-order chi connectivity index (χ1) is 8.57. The molecule has 18 heavy (non-hydrogen) atoms. The lowest BCUT2D eigenvalue weighted by molar-refractivity contribution is -0.115. The van der Waals surface area contributed by atoms with E-state index in [2.05, 4.69) is 5.32 Å². The van der Waals surface area contributed by atoms with E-state index in [1.807, 2.05) is 0 Å². The predicted molar refractivity (Wildman–Crippen MR) is 63.5 cm³/mol. The van der Waals surface area contributed by atoms with Gasteiger partial charge in [-0.25, -0.2) is 8.42 Å². The highest BCUT2D eigenvalue weighted by molar-refractivity contribution is 7.89. The second-order valence-corrected chi connectivity index (χ2v) is 6.20. The molecule has 1 aromatic carbocycles. The van der Waals surface area contributed by atoms with Crippen LogP contribution in [0.25, 0.3) is 0 Å². The largest absolute Gasteiger partial charge is 0.364 e. The predicted octanol–water partition coefficient (Wildman–Crippen LogP) is 0.160. The number of hydrogen-bond donors (Lipinski definition) is 1. The highest BCUT2D eigenvalue weighted by atomic mass is 32.2. The molecule has 96 valence electrons. The minimum atomic E-state index is -3.51. The van der Waals surface area contributed by atoms with E-state index in [4.69, 9.17) is 4.74 Å². The number of rotatable bonds is 2. The molecule has 1 saturated heterocycles. The molecule has 1 fully saturated rings.